The summed E-state index contributed by atoms with van der Waals surface area (Å²) in [6, 6.07) is 6.69. The molecule has 0 radical (unpaired) electrons. The fraction of sp³-hybridized carbons (Fsp3) is 0.375. The molecule has 1 amide bonds. The van der Waals surface area contributed by atoms with Crippen molar-refractivity contribution in [3.8, 4) is 5.69 Å². The number of benzene rings is 1. The quantitative estimate of drug-likeness (QED) is 0.908. The van der Waals surface area contributed by atoms with Gasteiger partial charge in [-0.3, -0.25) is 9.36 Å². The molecule has 0 fully saturated rings. The van der Waals surface area contributed by atoms with Crippen LogP contribution in [0.4, 0.5) is 0 Å². The molecule has 7 nitrogen and oxygen atoms in total. The summed E-state index contributed by atoms with van der Waals surface area (Å²) in [6.07, 6.45) is 3.41. The summed E-state index contributed by atoms with van der Waals surface area (Å²) in [5, 5.41) is 0. The Labute approximate surface area is 141 Å². The van der Waals surface area contributed by atoms with Gasteiger partial charge in [-0.1, -0.05) is 25.5 Å². The summed E-state index contributed by atoms with van der Waals surface area (Å²) >= 11 is 0. The molecule has 1 aromatic carbocycles. The molecule has 128 valence electrons. The van der Waals surface area contributed by atoms with Crippen LogP contribution in [0.3, 0.4) is 0 Å². The average molecular weight is 348 g/mol. The second-order valence-electron chi connectivity index (χ2n) is 5.78. The highest BCUT2D eigenvalue weighted by molar-refractivity contribution is 7.89. The number of nitrogens with zero attached hydrogens (tertiary/aromatic N) is 3. The Hall–Kier alpha value is -2.19. The monoisotopic (exact) mass is 348 g/mol. The molecule has 0 aliphatic carbocycles. The summed E-state index contributed by atoms with van der Waals surface area (Å²) in [4.78, 5) is 18.7. The summed E-state index contributed by atoms with van der Waals surface area (Å²) in [5.41, 5.74) is 1.34. The number of hydrogen-bond donors (Lipinski definition) is 1. The molecule has 0 spiro atoms. The number of fused-ring (bicyclic) bond motifs is 3. The highest BCUT2D eigenvalue weighted by Gasteiger charge is 2.29. The predicted octanol–water partition coefficient (Wildman–Crippen LogP) is 1.54. The second-order valence-corrected chi connectivity index (χ2v) is 7.52. The summed E-state index contributed by atoms with van der Waals surface area (Å²) in [5.74, 6) is -0.198. The number of para-hydroxylation sites is 1. The van der Waals surface area contributed by atoms with Crippen molar-refractivity contribution in [1.82, 2.24) is 19.2 Å². The molecule has 0 saturated carbocycles. The zero-order valence-corrected chi connectivity index (χ0v) is 14.5. The van der Waals surface area contributed by atoms with E-state index in [1.807, 2.05) is 0 Å². The third-order valence-corrected chi connectivity index (χ3v) is 5.56. The zero-order valence-electron chi connectivity index (χ0n) is 13.7. The van der Waals surface area contributed by atoms with E-state index in [0.717, 1.165) is 12.8 Å². The number of hydrogen-bond acceptors (Lipinski definition) is 4. The molecule has 0 saturated heterocycles. The van der Waals surface area contributed by atoms with Crippen LogP contribution >= 0.6 is 0 Å². The fourth-order valence-corrected chi connectivity index (χ4v) is 3.91. The molecule has 0 atom stereocenters. The minimum Gasteiger partial charge on any atom is -0.340 e. The summed E-state index contributed by atoms with van der Waals surface area (Å²) < 4.78 is 29.0. The van der Waals surface area contributed by atoms with Gasteiger partial charge in [0.05, 0.1) is 17.9 Å². The molecule has 0 bridgehead atoms. The van der Waals surface area contributed by atoms with Gasteiger partial charge < -0.3 is 4.90 Å². The van der Waals surface area contributed by atoms with E-state index in [2.05, 4.69) is 16.6 Å². The SMILES string of the molecule is CCCCN(C)C(=O)c1ncn2c1CNS(=O)(=O)c1ccccc1-2. The fourth-order valence-electron chi connectivity index (χ4n) is 2.73. The van der Waals surface area contributed by atoms with Gasteiger partial charge in [-0.2, -0.15) is 0 Å². The molecule has 1 aliphatic rings. The number of carbonyl (C=O) groups is 1. The van der Waals surface area contributed by atoms with Gasteiger partial charge in [0.25, 0.3) is 5.91 Å². The van der Waals surface area contributed by atoms with E-state index in [4.69, 9.17) is 0 Å². The van der Waals surface area contributed by atoms with Gasteiger partial charge in [0, 0.05) is 13.6 Å². The van der Waals surface area contributed by atoms with E-state index in [0.29, 0.717) is 17.9 Å². The van der Waals surface area contributed by atoms with Crippen molar-refractivity contribution in [2.45, 2.75) is 31.2 Å². The molecule has 3 rings (SSSR count). The first-order chi connectivity index (χ1) is 11.5. The normalized spacial score (nSPS) is 15.2. The van der Waals surface area contributed by atoms with Crippen LogP contribution in [0.5, 0.6) is 0 Å². The van der Waals surface area contributed by atoms with E-state index < -0.39 is 10.0 Å². The number of aromatic nitrogens is 2. The van der Waals surface area contributed by atoms with E-state index in [9.17, 15) is 13.2 Å². The van der Waals surface area contributed by atoms with Gasteiger partial charge in [-0.15, -0.1) is 0 Å². The molecule has 24 heavy (non-hydrogen) atoms. The Balaban J connectivity index is 2.05. The first kappa shape index (κ1) is 16.7. The van der Waals surface area contributed by atoms with Gasteiger partial charge in [0.1, 0.15) is 11.2 Å². The predicted molar refractivity (Wildman–Crippen MR) is 89.5 cm³/mol. The lowest BCUT2D eigenvalue weighted by atomic mass is 10.2. The Morgan fingerprint density at radius 2 is 2.12 bits per heavy atom. The van der Waals surface area contributed by atoms with E-state index in [1.54, 1.807) is 40.8 Å². The number of nitrogens with one attached hydrogen (secondary N) is 1. The lowest BCUT2D eigenvalue weighted by Gasteiger charge is -2.16. The standard InChI is InChI=1S/C16H20N4O3S/c1-3-4-9-19(2)16(21)15-13-10-18-24(22,23)14-8-6-5-7-12(14)20(13)11-17-15/h5-8,11,18H,3-4,9-10H2,1-2H3. The number of amides is 1. The zero-order chi connectivity index (χ0) is 17.3. The maximum Gasteiger partial charge on any atom is 0.274 e. The highest BCUT2D eigenvalue weighted by Crippen LogP contribution is 2.26. The maximum absolute atomic E-state index is 12.6. The van der Waals surface area contributed by atoms with Crippen LogP contribution in [0.2, 0.25) is 0 Å². The van der Waals surface area contributed by atoms with Crippen LogP contribution in [-0.2, 0) is 16.6 Å². The van der Waals surface area contributed by atoms with Crippen LogP contribution in [0.25, 0.3) is 5.69 Å². The van der Waals surface area contributed by atoms with Gasteiger partial charge in [-0.25, -0.2) is 18.1 Å². The molecule has 2 heterocycles. The number of imidazole rings is 1. The first-order valence-corrected chi connectivity index (χ1v) is 9.34. The number of sulfonamides is 1. The van der Waals surface area contributed by atoms with Gasteiger partial charge in [-0.05, 0) is 18.6 Å². The molecule has 1 N–H and O–H groups in total. The highest BCUT2D eigenvalue weighted by atomic mass is 32.2. The van der Waals surface area contributed by atoms with E-state index >= 15 is 0 Å². The second kappa shape index (κ2) is 6.37. The minimum absolute atomic E-state index is 0.0275. The van der Waals surface area contributed by atoms with Crippen LogP contribution in [0, 0.1) is 0 Å². The van der Waals surface area contributed by atoms with E-state index in [-0.39, 0.29) is 23.0 Å². The molecular formula is C16H20N4O3S. The third-order valence-electron chi connectivity index (χ3n) is 4.11. The van der Waals surface area contributed by atoms with Crippen molar-refractivity contribution in [3.05, 3.63) is 42.0 Å². The number of rotatable bonds is 4. The Bertz CT molecular complexity index is 873. The average Bonchev–Trinajstić information content (AvgIpc) is 2.96. The molecule has 8 heteroatoms. The van der Waals surface area contributed by atoms with Crippen LogP contribution in [0.1, 0.15) is 35.9 Å². The third kappa shape index (κ3) is 2.83. The van der Waals surface area contributed by atoms with Gasteiger partial charge in [0.2, 0.25) is 10.0 Å². The summed E-state index contributed by atoms with van der Waals surface area (Å²) in [6.45, 7) is 2.73. The molecule has 2 aromatic rings. The lowest BCUT2D eigenvalue weighted by molar-refractivity contribution is 0.0786. The van der Waals surface area contributed by atoms with Crippen LogP contribution in [-0.4, -0.2) is 42.4 Å². The molecular weight excluding hydrogens is 328 g/mol. The Morgan fingerprint density at radius 1 is 1.38 bits per heavy atom. The molecule has 1 aliphatic heterocycles. The van der Waals surface area contributed by atoms with Crippen molar-refractivity contribution >= 4 is 15.9 Å². The smallest absolute Gasteiger partial charge is 0.274 e. The molecule has 1 aromatic heterocycles. The van der Waals surface area contributed by atoms with Gasteiger partial charge >= 0.3 is 0 Å². The van der Waals surface area contributed by atoms with Gasteiger partial charge in [0.15, 0.2) is 5.69 Å². The van der Waals surface area contributed by atoms with Crippen molar-refractivity contribution < 1.29 is 13.2 Å². The topological polar surface area (TPSA) is 84.3 Å². The van der Waals surface area contributed by atoms with E-state index in [1.165, 1.54) is 6.33 Å². The minimum atomic E-state index is -3.62. The summed E-state index contributed by atoms with van der Waals surface area (Å²) in [7, 11) is -1.88. The molecule has 0 unspecified atom stereocenters. The van der Waals surface area contributed by atoms with Crippen LogP contribution in [0.15, 0.2) is 35.5 Å². The maximum atomic E-state index is 12.6. The van der Waals surface area contributed by atoms with Crippen molar-refractivity contribution in [2.24, 2.45) is 0 Å². The Morgan fingerprint density at radius 3 is 2.88 bits per heavy atom. The van der Waals surface area contributed by atoms with Crippen molar-refractivity contribution in [2.75, 3.05) is 13.6 Å². The number of unbranched alkanes of at least 4 members (excludes halogenated alkanes) is 1. The Kier molecular flexibility index (Phi) is 4.42. The largest absolute Gasteiger partial charge is 0.340 e. The van der Waals surface area contributed by atoms with Crippen molar-refractivity contribution in [1.29, 1.82) is 0 Å². The number of carbonyl (C=O) groups excluding carboxylic acids is 1. The van der Waals surface area contributed by atoms with Crippen molar-refractivity contribution in [3.63, 3.8) is 0 Å². The first-order valence-electron chi connectivity index (χ1n) is 7.86. The lowest BCUT2D eigenvalue weighted by Crippen LogP contribution is -2.30. The van der Waals surface area contributed by atoms with Crippen LogP contribution < -0.4 is 4.72 Å².